The molecule has 88 valence electrons. The fourth-order valence-electron chi connectivity index (χ4n) is 2.12. The number of hydrogen-bond donors (Lipinski definition) is 0. The lowest BCUT2D eigenvalue weighted by molar-refractivity contribution is 1.06. The molecule has 2 aromatic carbocycles. The Balaban J connectivity index is 2.16. The molecule has 0 atom stereocenters. The van der Waals surface area contributed by atoms with Crippen LogP contribution in [0, 0.1) is 6.92 Å². The monoisotopic (exact) mass is 234 g/mol. The minimum atomic E-state index is 0.985. The number of hydrogen-bond acceptors (Lipinski definition) is 1. The Bertz CT molecular complexity index is 654. The van der Waals surface area contributed by atoms with Gasteiger partial charge >= 0.3 is 0 Å². The van der Waals surface area contributed by atoms with Gasteiger partial charge in [0.1, 0.15) is 5.82 Å². The van der Waals surface area contributed by atoms with Crippen LogP contribution in [0.2, 0.25) is 0 Å². The molecular weight excluding hydrogens is 220 g/mol. The van der Waals surface area contributed by atoms with Gasteiger partial charge in [-0.25, -0.2) is 4.98 Å². The second-order valence-electron chi connectivity index (χ2n) is 4.27. The van der Waals surface area contributed by atoms with Gasteiger partial charge in [-0.2, -0.15) is 0 Å². The summed E-state index contributed by atoms with van der Waals surface area (Å²) in [5, 5.41) is 0. The third-order valence-corrected chi connectivity index (χ3v) is 3.06. The van der Waals surface area contributed by atoms with E-state index in [0.717, 1.165) is 11.5 Å². The summed E-state index contributed by atoms with van der Waals surface area (Å²) in [7, 11) is 0. The highest BCUT2D eigenvalue weighted by Crippen LogP contribution is 2.24. The summed E-state index contributed by atoms with van der Waals surface area (Å²) in [6.07, 6.45) is 3.84. The SMILES string of the molecule is Cc1ccccc1-c1nccn1-c1ccccc1. The summed E-state index contributed by atoms with van der Waals surface area (Å²) >= 11 is 0. The summed E-state index contributed by atoms with van der Waals surface area (Å²) < 4.78 is 2.11. The van der Waals surface area contributed by atoms with E-state index >= 15 is 0 Å². The molecule has 3 aromatic rings. The van der Waals surface area contributed by atoms with E-state index in [9.17, 15) is 0 Å². The molecule has 0 aliphatic rings. The molecule has 18 heavy (non-hydrogen) atoms. The molecule has 0 radical (unpaired) electrons. The topological polar surface area (TPSA) is 17.8 Å². The highest BCUT2D eigenvalue weighted by atomic mass is 15.1. The van der Waals surface area contributed by atoms with E-state index in [4.69, 9.17) is 0 Å². The molecule has 0 saturated heterocycles. The summed E-state index contributed by atoms with van der Waals surface area (Å²) in [6, 6.07) is 18.6. The zero-order chi connectivity index (χ0) is 12.4. The van der Waals surface area contributed by atoms with Crippen LogP contribution >= 0.6 is 0 Å². The van der Waals surface area contributed by atoms with Gasteiger partial charge in [0.15, 0.2) is 0 Å². The average molecular weight is 234 g/mol. The highest BCUT2D eigenvalue weighted by Gasteiger charge is 2.08. The molecule has 0 N–H and O–H groups in total. The first-order valence-electron chi connectivity index (χ1n) is 6.01. The van der Waals surface area contributed by atoms with Gasteiger partial charge in [0.2, 0.25) is 0 Å². The van der Waals surface area contributed by atoms with Crippen LogP contribution in [-0.2, 0) is 0 Å². The Morgan fingerprint density at radius 3 is 2.39 bits per heavy atom. The van der Waals surface area contributed by atoms with Crippen LogP contribution in [-0.4, -0.2) is 9.55 Å². The van der Waals surface area contributed by atoms with Crippen LogP contribution < -0.4 is 0 Å². The lowest BCUT2D eigenvalue weighted by Crippen LogP contribution is -1.97. The van der Waals surface area contributed by atoms with E-state index < -0.39 is 0 Å². The number of aryl methyl sites for hydroxylation is 1. The maximum absolute atomic E-state index is 4.49. The molecule has 1 heterocycles. The van der Waals surface area contributed by atoms with Crippen LogP contribution in [0.25, 0.3) is 17.1 Å². The van der Waals surface area contributed by atoms with Gasteiger partial charge in [-0.05, 0) is 24.6 Å². The molecule has 0 saturated carbocycles. The molecule has 0 spiro atoms. The highest BCUT2D eigenvalue weighted by molar-refractivity contribution is 5.62. The average Bonchev–Trinajstić information content (AvgIpc) is 2.89. The first-order valence-corrected chi connectivity index (χ1v) is 6.01. The molecule has 0 unspecified atom stereocenters. The quantitative estimate of drug-likeness (QED) is 0.658. The summed E-state index contributed by atoms with van der Waals surface area (Å²) in [5.41, 5.74) is 3.54. The standard InChI is InChI=1S/C16H14N2/c1-13-7-5-6-10-15(13)16-17-11-12-18(16)14-8-3-2-4-9-14/h2-12H,1H3. The van der Waals surface area contributed by atoms with Gasteiger partial charge in [-0.1, -0.05) is 42.5 Å². The number of nitrogens with zero attached hydrogens (tertiary/aromatic N) is 2. The fraction of sp³-hybridized carbons (Fsp3) is 0.0625. The smallest absolute Gasteiger partial charge is 0.144 e. The van der Waals surface area contributed by atoms with Gasteiger partial charge in [-0.3, -0.25) is 4.57 Å². The van der Waals surface area contributed by atoms with E-state index in [2.05, 4.69) is 46.8 Å². The van der Waals surface area contributed by atoms with Gasteiger partial charge in [0, 0.05) is 23.6 Å². The number of aromatic nitrogens is 2. The molecule has 2 nitrogen and oxygen atoms in total. The zero-order valence-corrected chi connectivity index (χ0v) is 10.2. The van der Waals surface area contributed by atoms with Gasteiger partial charge < -0.3 is 0 Å². The first kappa shape index (κ1) is 10.8. The lowest BCUT2D eigenvalue weighted by Gasteiger charge is -2.09. The van der Waals surface area contributed by atoms with Crippen LogP contribution in [0.3, 0.4) is 0 Å². The van der Waals surface area contributed by atoms with Crippen molar-refractivity contribution in [1.82, 2.24) is 9.55 Å². The largest absolute Gasteiger partial charge is 0.300 e. The summed E-state index contributed by atoms with van der Waals surface area (Å²) in [4.78, 5) is 4.49. The predicted octanol–water partition coefficient (Wildman–Crippen LogP) is 3.85. The van der Waals surface area contributed by atoms with Crippen molar-refractivity contribution in [3.63, 3.8) is 0 Å². The Hall–Kier alpha value is -2.35. The van der Waals surface area contributed by atoms with Crippen molar-refractivity contribution in [2.45, 2.75) is 6.92 Å². The minimum absolute atomic E-state index is 0.985. The molecule has 3 rings (SSSR count). The lowest BCUT2D eigenvalue weighted by atomic mass is 10.1. The Morgan fingerprint density at radius 2 is 1.61 bits per heavy atom. The van der Waals surface area contributed by atoms with E-state index in [1.54, 1.807) is 0 Å². The van der Waals surface area contributed by atoms with Gasteiger partial charge in [0.25, 0.3) is 0 Å². The van der Waals surface area contributed by atoms with Crippen molar-refractivity contribution < 1.29 is 0 Å². The van der Waals surface area contributed by atoms with Gasteiger partial charge in [0.05, 0.1) is 0 Å². The van der Waals surface area contributed by atoms with Crippen molar-refractivity contribution in [2.24, 2.45) is 0 Å². The van der Waals surface area contributed by atoms with Crippen molar-refractivity contribution in [1.29, 1.82) is 0 Å². The van der Waals surface area contributed by atoms with E-state index in [1.807, 2.05) is 36.7 Å². The fourth-order valence-corrected chi connectivity index (χ4v) is 2.12. The minimum Gasteiger partial charge on any atom is -0.300 e. The third kappa shape index (κ3) is 1.82. The van der Waals surface area contributed by atoms with Crippen molar-refractivity contribution in [3.8, 4) is 17.1 Å². The van der Waals surface area contributed by atoms with E-state index in [1.165, 1.54) is 11.1 Å². The molecule has 0 aliphatic carbocycles. The van der Waals surface area contributed by atoms with E-state index in [-0.39, 0.29) is 0 Å². The van der Waals surface area contributed by atoms with Crippen molar-refractivity contribution in [2.75, 3.05) is 0 Å². The third-order valence-electron chi connectivity index (χ3n) is 3.06. The normalized spacial score (nSPS) is 10.5. The second-order valence-corrected chi connectivity index (χ2v) is 4.27. The Kier molecular flexibility index (Phi) is 2.69. The Morgan fingerprint density at radius 1 is 0.889 bits per heavy atom. The summed E-state index contributed by atoms with van der Waals surface area (Å²) in [5.74, 6) is 0.985. The van der Waals surface area contributed by atoms with Crippen LogP contribution in [0.5, 0.6) is 0 Å². The second kappa shape index (κ2) is 4.49. The van der Waals surface area contributed by atoms with Gasteiger partial charge in [-0.15, -0.1) is 0 Å². The molecule has 1 aromatic heterocycles. The van der Waals surface area contributed by atoms with E-state index in [0.29, 0.717) is 0 Å². The summed E-state index contributed by atoms with van der Waals surface area (Å²) in [6.45, 7) is 2.11. The molecule has 2 heteroatoms. The molecule has 0 amide bonds. The zero-order valence-electron chi connectivity index (χ0n) is 10.2. The van der Waals surface area contributed by atoms with Crippen LogP contribution in [0.15, 0.2) is 67.0 Å². The van der Waals surface area contributed by atoms with Crippen LogP contribution in [0.1, 0.15) is 5.56 Å². The predicted molar refractivity (Wildman–Crippen MR) is 73.7 cm³/mol. The number of para-hydroxylation sites is 1. The van der Waals surface area contributed by atoms with Crippen LogP contribution in [0.4, 0.5) is 0 Å². The number of benzene rings is 2. The first-order chi connectivity index (χ1) is 8.86. The molecular formula is C16H14N2. The van der Waals surface area contributed by atoms with Crippen molar-refractivity contribution >= 4 is 0 Å². The number of imidazole rings is 1. The Labute approximate surface area is 107 Å². The molecule has 0 bridgehead atoms. The molecule has 0 aliphatic heterocycles. The molecule has 0 fully saturated rings. The number of rotatable bonds is 2. The maximum Gasteiger partial charge on any atom is 0.144 e. The maximum atomic E-state index is 4.49. The van der Waals surface area contributed by atoms with Crippen molar-refractivity contribution in [3.05, 3.63) is 72.6 Å².